The van der Waals surface area contributed by atoms with Gasteiger partial charge in [-0.05, 0) is 18.9 Å². The van der Waals surface area contributed by atoms with Crippen molar-refractivity contribution in [1.82, 2.24) is 15.1 Å². The third-order valence-corrected chi connectivity index (χ3v) is 3.44. The van der Waals surface area contributed by atoms with E-state index in [9.17, 15) is 4.79 Å². The Labute approximate surface area is 104 Å². The monoisotopic (exact) mass is 285 g/mol. The summed E-state index contributed by atoms with van der Waals surface area (Å²) in [5.74, 6) is 0.0730. The molecule has 1 heterocycles. The van der Waals surface area contributed by atoms with E-state index in [1.165, 1.54) is 12.8 Å². The van der Waals surface area contributed by atoms with E-state index in [-0.39, 0.29) is 5.91 Å². The second-order valence-corrected chi connectivity index (χ2v) is 4.89. The van der Waals surface area contributed by atoms with Crippen molar-refractivity contribution in [3.63, 3.8) is 0 Å². The molecular weight excluding hydrogens is 270 g/mol. The first-order valence-electron chi connectivity index (χ1n) is 5.69. The minimum Gasteiger partial charge on any atom is -0.334 e. The molecule has 1 aromatic heterocycles. The molecule has 88 valence electrons. The number of nitrogens with zero attached hydrogens (tertiary/aromatic N) is 2. The lowest BCUT2D eigenvalue weighted by molar-refractivity contribution is 0.0690. The molecule has 1 aliphatic rings. The van der Waals surface area contributed by atoms with Gasteiger partial charge in [0.1, 0.15) is 5.69 Å². The Morgan fingerprint density at radius 1 is 1.56 bits per heavy atom. The SMILES string of the molecule is O=C(c1ccn[nH]1)N(CCBr)C1CCCC1. The largest absolute Gasteiger partial charge is 0.334 e. The van der Waals surface area contributed by atoms with Crippen molar-refractivity contribution >= 4 is 21.8 Å². The summed E-state index contributed by atoms with van der Waals surface area (Å²) in [6.07, 6.45) is 6.35. The summed E-state index contributed by atoms with van der Waals surface area (Å²) in [5.41, 5.74) is 0.591. The molecule has 1 aromatic rings. The van der Waals surface area contributed by atoms with E-state index in [1.54, 1.807) is 12.3 Å². The molecule has 16 heavy (non-hydrogen) atoms. The van der Waals surface area contributed by atoms with Crippen molar-refractivity contribution in [1.29, 1.82) is 0 Å². The van der Waals surface area contributed by atoms with Crippen molar-refractivity contribution in [3.05, 3.63) is 18.0 Å². The van der Waals surface area contributed by atoms with Crippen LogP contribution in [0.15, 0.2) is 12.3 Å². The van der Waals surface area contributed by atoms with Crippen LogP contribution in [0.25, 0.3) is 0 Å². The molecule has 1 aliphatic carbocycles. The van der Waals surface area contributed by atoms with E-state index >= 15 is 0 Å². The summed E-state index contributed by atoms with van der Waals surface area (Å²) in [6.45, 7) is 0.766. The van der Waals surface area contributed by atoms with Crippen LogP contribution in [0, 0.1) is 0 Å². The highest BCUT2D eigenvalue weighted by molar-refractivity contribution is 9.09. The fraction of sp³-hybridized carbons (Fsp3) is 0.636. The predicted octanol–water partition coefficient (Wildman–Crippen LogP) is 2.19. The van der Waals surface area contributed by atoms with E-state index in [2.05, 4.69) is 26.1 Å². The summed E-state index contributed by atoms with van der Waals surface area (Å²) in [5, 5.41) is 7.39. The fourth-order valence-corrected chi connectivity index (χ4v) is 2.67. The molecule has 1 N–H and O–H groups in total. The quantitative estimate of drug-likeness (QED) is 0.862. The number of carbonyl (C=O) groups is 1. The standard InChI is InChI=1S/C11H16BrN3O/c12-6-8-15(9-3-1-2-4-9)11(16)10-5-7-13-14-10/h5,7,9H,1-4,6,8H2,(H,13,14). The minimum atomic E-state index is 0.0730. The van der Waals surface area contributed by atoms with Crippen molar-refractivity contribution in [2.24, 2.45) is 0 Å². The van der Waals surface area contributed by atoms with Gasteiger partial charge in [0.15, 0.2) is 0 Å². The number of hydrogen-bond acceptors (Lipinski definition) is 2. The molecule has 0 saturated heterocycles. The Kier molecular flexibility index (Phi) is 3.98. The molecular formula is C11H16BrN3O. The Bertz CT molecular complexity index is 333. The van der Waals surface area contributed by atoms with Gasteiger partial charge in [0.25, 0.3) is 5.91 Å². The Morgan fingerprint density at radius 3 is 2.88 bits per heavy atom. The van der Waals surface area contributed by atoms with Crippen molar-refractivity contribution in [3.8, 4) is 0 Å². The van der Waals surface area contributed by atoms with E-state index in [4.69, 9.17) is 0 Å². The summed E-state index contributed by atoms with van der Waals surface area (Å²) in [7, 11) is 0. The number of alkyl halides is 1. The number of halogens is 1. The number of aromatic amines is 1. The maximum atomic E-state index is 12.2. The third kappa shape index (κ3) is 2.45. The normalized spacial score (nSPS) is 16.6. The molecule has 0 bridgehead atoms. The highest BCUT2D eigenvalue weighted by Gasteiger charge is 2.27. The average Bonchev–Trinajstić information content (AvgIpc) is 2.96. The molecule has 0 aromatic carbocycles. The van der Waals surface area contributed by atoms with Gasteiger partial charge in [-0.2, -0.15) is 5.10 Å². The lowest BCUT2D eigenvalue weighted by Gasteiger charge is -2.27. The number of carbonyl (C=O) groups excluding carboxylic acids is 1. The van der Waals surface area contributed by atoms with Gasteiger partial charge in [-0.1, -0.05) is 28.8 Å². The van der Waals surface area contributed by atoms with Crippen LogP contribution in [0.4, 0.5) is 0 Å². The van der Waals surface area contributed by atoms with Crippen LogP contribution in [0.5, 0.6) is 0 Å². The molecule has 1 saturated carbocycles. The van der Waals surface area contributed by atoms with Gasteiger partial charge in [-0.3, -0.25) is 9.89 Å². The van der Waals surface area contributed by atoms with Gasteiger partial charge < -0.3 is 4.90 Å². The van der Waals surface area contributed by atoms with Gasteiger partial charge in [0, 0.05) is 24.1 Å². The van der Waals surface area contributed by atoms with Gasteiger partial charge in [-0.15, -0.1) is 0 Å². The zero-order chi connectivity index (χ0) is 11.4. The Balaban J connectivity index is 2.09. The van der Waals surface area contributed by atoms with Crippen molar-refractivity contribution in [2.45, 2.75) is 31.7 Å². The molecule has 0 spiro atoms. The summed E-state index contributed by atoms with van der Waals surface area (Å²) >= 11 is 3.41. The fourth-order valence-electron chi connectivity index (χ4n) is 2.29. The molecule has 2 rings (SSSR count). The summed E-state index contributed by atoms with van der Waals surface area (Å²) in [6, 6.07) is 2.15. The molecule has 5 heteroatoms. The first-order valence-corrected chi connectivity index (χ1v) is 6.81. The van der Waals surface area contributed by atoms with Crippen molar-refractivity contribution < 1.29 is 4.79 Å². The van der Waals surface area contributed by atoms with E-state index in [0.717, 1.165) is 24.7 Å². The topological polar surface area (TPSA) is 49.0 Å². The number of H-pyrrole nitrogens is 1. The van der Waals surface area contributed by atoms with Crippen LogP contribution in [-0.2, 0) is 0 Å². The zero-order valence-electron chi connectivity index (χ0n) is 9.16. The van der Waals surface area contributed by atoms with Gasteiger partial charge in [0.2, 0.25) is 0 Å². The van der Waals surface area contributed by atoms with E-state index < -0.39 is 0 Å². The van der Waals surface area contributed by atoms with Gasteiger partial charge >= 0.3 is 0 Å². The molecule has 4 nitrogen and oxygen atoms in total. The zero-order valence-corrected chi connectivity index (χ0v) is 10.7. The van der Waals surface area contributed by atoms with E-state index in [0.29, 0.717) is 11.7 Å². The minimum absolute atomic E-state index is 0.0730. The number of nitrogens with one attached hydrogen (secondary N) is 1. The first-order chi connectivity index (χ1) is 7.83. The van der Waals surface area contributed by atoms with Crippen LogP contribution in [0.2, 0.25) is 0 Å². The molecule has 0 atom stereocenters. The average molecular weight is 286 g/mol. The highest BCUT2D eigenvalue weighted by Crippen LogP contribution is 2.24. The number of amides is 1. The van der Waals surface area contributed by atoms with E-state index in [1.807, 2.05) is 4.90 Å². The third-order valence-electron chi connectivity index (χ3n) is 3.08. The molecule has 0 aliphatic heterocycles. The van der Waals surface area contributed by atoms with Crippen LogP contribution in [0.3, 0.4) is 0 Å². The lowest BCUT2D eigenvalue weighted by Crippen LogP contribution is -2.40. The molecule has 1 amide bonds. The Hall–Kier alpha value is -0.840. The second-order valence-electron chi connectivity index (χ2n) is 4.10. The number of aromatic nitrogens is 2. The van der Waals surface area contributed by atoms with Crippen molar-refractivity contribution in [2.75, 3.05) is 11.9 Å². The number of rotatable bonds is 4. The highest BCUT2D eigenvalue weighted by atomic mass is 79.9. The summed E-state index contributed by atoms with van der Waals surface area (Å²) in [4.78, 5) is 14.2. The Morgan fingerprint density at radius 2 is 2.31 bits per heavy atom. The lowest BCUT2D eigenvalue weighted by atomic mass is 10.2. The van der Waals surface area contributed by atoms with Crippen LogP contribution in [-0.4, -0.2) is 38.9 Å². The molecule has 0 radical (unpaired) electrons. The van der Waals surface area contributed by atoms with Crippen LogP contribution < -0.4 is 0 Å². The predicted molar refractivity (Wildman–Crippen MR) is 65.7 cm³/mol. The van der Waals surface area contributed by atoms with Gasteiger partial charge in [-0.25, -0.2) is 0 Å². The number of hydrogen-bond donors (Lipinski definition) is 1. The van der Waals surface area contributed by atoms with Crippen LogP contribution >= 0.6 is 15.9 Å². The maximum absolute atomic E-state index is 12.2. The second kappa shape index (κ2) is 5.48. The summed E-state index contributed by atoms with van der Waals surface area (Å²) < 4.78 is 0. The van der Waals surface area contributed by atoms with Gasteiger partial charge in [0.05, 0.1) is 0 Å². The molecule has 1 fully saturated rings. The maximum Gasteiger partial charge on any atom is 0.272 e. The molecule has 0 unspecified atom stereocenters. The first kappa shape index (κ1) is 11.6. The van der Waals surface area contributed by atoms with Crippen LogP contribution in [0.1, 0.15) is 36.2 Å². The smallest absolute Gasteiger partial charge is 0.272 e.